The molecule has 1 amide bonds. The standard InChI is InChI=1S/C26H33N7O3/c1-15-5-4-12-33(15)25(36)26(3,30-14-22(34)35)19-10-11-20-23(16(19)2)32-21(31-20)13-29-18-8-6-17(7-9-18)24(27)28/h6-11,15,29-30H,4-5,12-14H2,1-3H3,(H3,27,28)(H,31,32)(H,34,35)/t15-,26+/m1/s1. The van der Waals surface area contributed by atoms with E-state index in [4.69, 9.17) is 16.1 Å². The van der Waals surface area contributed by atoms with E-state index in [1.807, 2.05) is 43.0 Å². The molecule has 1 fully saturated rings. The number of aromatic amines is 1. The van der Waals surface area contributed by atoms with Gasteiger partial charge in [-0.2, -0.15) is 0 Å². The molecule has 2 aromatic carbocycles. The Hall–Kier alpha value is -3.92. The van der Waals surface area contributed by atoms with Gasteiger partial charge in [0.25, 0.3) is 0 Å². The lowest BCUT2D eigenvalue weighted by Crippen LogP contribution is -2.55. The molecule has 10 nitrogen and oxygen atoms in total. The molecule has 0 unspecified atom stereocenters. The van der Waals surface area contributed by atoms with Crippen molar-refractivity contribution in [1.29, 1.82) is 5.41 Å². The predicted molar refractivity (Wildman–Crippen MR) is 139 cm³/mol. The van der Waals surface area contributed by atoms with Crippen LogP contribution < -0.4 is 16.4 Å². The lowest BCUT2D eigenvalue weighted by molar-refractivity contribution is -0.140. The van der Waals surface area contributed by atoms with Crippen molar-refractivity contribution in [3.05, 3.63) is 58.9 Å². The lowest BCUT2D eigenvalue weighted by Gasteiger charge is -2.36. The number of nitrogens with zero attached hydrogens (tertiary/aromatic N) is 2. The van der Waals surface area contributed by atoms with E-state index in [1.165, 1.54) is 0 Å². The fraction of sp³-hybridized carbons (Fsp3) is 0.385. The Bertz CT molecular complexity index is 1300. The molecular weight excluding hydrogens is 458 g/mol. The molecule has 4 rings (SSSR count). The highest BCUT2D eigenvalue weighted by Gasteiger charge is 2.42. The SMILES string of the molecule is Cc1c([C@](C)(NCC(=O)O)C(=O)N2CCC[C@H]2C)ccc2[nH]c(CNc3ccc(C(=N)N)cc3)nc12. The van der Waals surface area contributed by atoms with Gasteiger partial charge in [0.15, 0.2) is 0 Å². The van der Waals surface area contributed by atoms with Crippen LogP contribution in [0.3, 0.4) is 0 Å². The minimum absolute atomic E-state index is 0.0210. The van der Waals surface area contributed by atoms with E-state index in [0.29, 0.717) is 24.2 Å². The van der Waals surface area contributed by atoms with Gasteiger partial charge in [-0.3, -0.25) is 20.3 Å². The quantitative estimate of drug-likeness (QED) is 0.198. The van der Waals surface area contributed by atoms with Crippen LogP contribution >= 0.6 is 0 Å². The number of nitrogen functional groups attached to an aromatic ring is 1. The number of fused-ring (bicyclic) bond motifs is 1. The molecule has 7 N–H and O–H groups in total. The third-order valence-corrected chi connectivity index (χ3v) is 6.99. The first-order valence-electron chi connectivity index (χ1n) is 12.0. The molecule has 1 aliphatic heterocycles. The van der Waals surface area contributed by atoms with E-state index in [-0.39, 0.29) is 24.3 Å². The second-order valence-corrected chi connectivity index (χ2v) is 9.52. The number of carbonyl (C=O) groups excluding carboxylic acids is 1. The second-order valence-electron chi connectivity index (χ2n) is 9.52. The number of imidazole rings is 1. The largest absolute Gasteiger partial charge is 0.480 e. The highest BCUT2D eigenvalue weighted by Crippen LogP contribution is 2.33. The number of hydrogen-bond donors (Lipinski definition) is 6. The number of carboxylic acid groups (broad SMARTS) is 1. The van der Waals surface area contributed by atoms with Gasteiger partial charge in [0.05, 0.1) is 24.1 Å². The fourth-order valence-electron chi connectivity index (χ4n) is 4.90. The summed E-state index contributed by atoms with van der Waals surface area (Å²) < 4.78 is 0. The number of nitrogens with two attached hydrogens (primary N) is 1. The number of amides is 1. The van der Waals surface area contributed by atoms with Crippen LogP contribution in [-0.2, 0) is 21.7 Å². The maximum atomic E-state index is 13.7. The Morgan fingerprint density at radius 2 is 2.00 bits per heavy atom. The van der Waals surface area contributed by atoms with Crippen molar-refractivity contribution in [3.63, 3.8) is 0 Å². The van der Waals surface area contributed by atoms with Crippen LogP contribution in [0.1, 0.15) is 49.2 Å². The zero-order valence-electron chi connectivity index (χ0n) is 20.8. The Balaban J connectivity index is 1.62. The number of aliphatic carboxylic acids is 1. The number of carboxylic acids is 1. The van der Waals surface area contributed by atoms with Crippen LogP contribution in [0.2, 0.25) is 0 Å². The van der Waals surface area contributed by atoms with Crippen molar-refractivity contribution in [2.24, 2.45) is 5.73 Å². The summed E-state index contributed by atoms with van der Waals surface area (Å²) in [5.41, 5.74) is 8.95. The van der Waals surface area contributed by atoms with Crippen molar-refractivity contribution in [2.75, 3.05) is 18.4 Å². The van der Waals surface area contributed by atoms with Gasteiger partial charge in [-0.15, -0.1) is 0 Å². The van der Waals surface area contributed by atoms with Gasteiger partial charge in [-0.25, -0.2) is 4.98 Å². The van der Waals surface area contributed by atoms with Gasteiger partial charge in [0, 0.05) is 23.8 Å². The number of rotatable bonds is 9. The summed E-state index contributed by atoms with van der Waals surface area (Å²) in [7, 11) is 0. The highest BCUT2D eigenvalue weighted by atomic mass is 16.4. The molecule has 3 aromatic rings. The summed E-state index contributed by atoms with van der Waals surface area (Å²) in [6, 6.07) is 11.1. The van der Waals surface area contributed by atoms with E-state index >= 15 is 0 Å². The minimum atomic E-state index is -1.20. The van der Waals surface area contributed by atoms with Gasteiger partial charge < -0.3 is 26.0 Å². The zero-order chi connectivity index (χ0) is 26.0. The van der Waals surface area contributed by atoms with E-state index in [2.05, 4.69) is 15.6 Å². The van der Waals surface area contributed by atoms with Gasteiger partial charge in [0.1, 0.15) is 17.2 Å². The number of H-pyrrole nitrogens is 1. The molecule has 0 spiro atoms. The summed E-state index contributed by atoms with van der Waals surface area (Å²) in [4.78, 5) is 35.1. The van der Waals surface area contributed by atoms with Crippen LogP contribution in [0.5, 0.6) is 0 Å². The van der Waals surface area contributed by atoms with Gasteiger partial charge >= 0.3 is 5.97 Å². The predicted octanol–water partition coefficient (Wildman–Crippen LogP) is 2.67. The van der Waals surface area contributed by atoms with E-state index < -0.39 is 11.5 Å². The molecule has 0 saturated carbocycles. The Labute approximate surface area is 209 Å². The summed E-state index contributed by atoms with van der Waals surface area (Å²) >= 11 is 0. The van der Waals surface area contributed by atoms with Gasteiger partial charge in [-0.05, 0) is 75.1 Å². The maximum Gasteiger partial charge on any atom is 0.317 e. The van der Waals surface area contributed by atoms with E-state index in [1.54, 1.807) is 19.1 Å². The van der Waals surface area contributed by atoms with Crippen molar-refractivity contribution in [2.45, 2.75) is 51.7 Å². The number of nitrogens with one attached hydrogen (secondary N) is 4. The van der Waals surface area contributed by atoms with Crippen LogP contribution in [0.4, 0.5) is 5.69 Å². The van der Waals surface area contributed by atoms with Crippen molar-refractivity contribution in [1.82, 2.24) is 20.2 Å². The normalized spacial score (nSPS) is 17.2. The average Bonchev–Trinajstić information content (AvgIpc) is 3.47. The number of amidine groups is 1. The molecule has 0 aliphatic carbocycles. The molecule has 0 radical (unpaired) electrons. The number of hydrogen-bond acceptors (Lipinski definition) is 6. The number of aryl methyl sites for hydroxylation is 1. The van der Waals surface area contributed by atoms with Crippen molar-refractivity contribution >= 4 is 34.4 Å². The number of anilines is 1. The van der Waals surface area contributed by atoms with Crippen LogP contribution in [0, 0.1) is 12.3 Å². The first-order chi connectivity index (χ1) is 17.1. The van der Waals surface area contributed by atoms with Crippen molar-refractivity contribution in [3.8, 4) is 0 Å². The topological polar surface area (TPSA) is 160 Å². The molecule has 1 aromatic heterocycles. The van der Waals surface area contributed by atoms with E-state index in [9.17, 15) is 14.7 Å². The molecule has 1 aliphatic rings. The molecule has 2 heterocycles. The smallest absolute Gasteiger partial charge is 0.317 e. The third-order valence-electron chi connectivity index (χ3n) is 6.99. The van der Waals surface area contributed by atoms with Gasteiger partial charge in [0.2, 0.25) is 5.91 Å². The zero-order valence-corrected chi connectivity index (χ0v) is 20.8. The summed E-state index contributed by atoms with van der Waals surface area (Å²) in [5.74, 6) is -0.400. The Morgan fingerprint density at radius 3 is 2.61 bits per heavy atom. The number of likely N-dealkylation sites (tertiary alicyclic amines) is 1. The summed E-state index contributed by atoms with van der Waals surface area (Å²) in [6.45, 7) is 6.48. The first-order valence-corrected chi connectivity index (χ1v) is 12.0. The third kappa shape index (κ3) is 4.90. The Morgan fingerprint density at radius 1 is 1.28 bits per heavy atom. The molecule has 10 heteroatoms. The summed E-state index contributed by atoms with van der Waals surface area (Å²) in [6.07, 6.45) is 1.87. The molecular formula is C26H33N7O3. The number of carbonyl (C=O) groups is 2. The maximum absolute atomic E-state index is 13.7. The molecule has 2 atom stereocenters. The first kappa shape index (κ1) is 25.2. The summed E-state index contributed by atoms with van der Waals surface area (Å²) in [5, 5.41) is 23.2. The number of aromatic nitrogens is 2. The minimum Gasteiger partial charge on any atom is -0.480 e. The van der Waals surface area contributed by atoms with E-state index in [0.717, 1.165) is 41.0 Å². The van der Waals surface area contributed by atoms with Crippen LogP contribution in [0.15, 0.2) is 36.4 Å². The van der Waals surface area contributed by atoms with Crippen LogP contribution in [0.25, 0.3) is 11.0 Å². The monoisotopic (exact) mass is 491 g/mol. The van der Waals surface area contributed by atoms with Crippen molar-refractivity contribution < 1.29 is 14.7 Å². The average molecular weight is 492 g/mol. The molecule has 1 saturated heterocycles. The Kier molecular flexibility index (Phi) is 6.98. The molecule has 0 bridgehead atoms. The second kappa shape index (κ2) is 9.98. The number of benzene rings is 2. The highest BCUT2D eigenvalue weighted by molar-refractivity contribution is 5.95. The van der Waals surface area contributed by atoms with Crippen LogP contribution in [-0.4, -0.2) is 56.8 Å². The van der Waals surface area contributed by atoms with Gasteiger partial charge in [-0.1, -0.05) is 6.07 Å². The molecule has 190 valence electrons. The lowest BCUT2D eigenvalue weighted by atomic mass is 9.86. The fourth-order valence-corrected chi connectivity index (χ4v) is 4.90. The molecule has 36 heavy (non-hydrogen) atoms.